The van der Waals surface area contributed by atoms with Gasteiger partial charge in [-0.1, -0.05) is 0 Å². The molecule has 2 amide bonds. The van der Waals surface area contributed by atoms with Crippen LogP contribution >= 0.6 is 0 Å². The molecule has 0 radical (unpaired) electrons. The fraction of sp³-hybridized carbons (Fsp3) is 0.727. The van der Waals surface area contributed by atoms with Gasteiger partial charge in [-0.2, -0.15) is 5.10 Å². The van der Waals surface area contributed by atoms with Crippen LogP contribution in [0.3, 0.4) is 0 Å². The topological polar surface area (TPSA) is 71.0 Å². The SMILES string of the molecule is C[C@@H]1CO[C@@H](C)CN1C(=O)C1=NNC(=O)CC1. The molecule has 2 heterocycles. The van der Waals surface area contributed by atoms with Gasteiger partial charge >= 0.3 is 0 Å². The number of hydrogen-bond acceptors (Lipinski definition) is 4. The molecule has 94 valence electrons. The van der Waals surface area contributed by atoms with Gasteiger partial charge in [0, 0.05) is 19.4 Å². The Morgan fingerprint density at radius 1 is 1.47 bits per heavy atom. The maximum absolute atomic E-state index is 12.2. The highest BCUT2D eigenvalue weighted by molar-refractivity contribution is 6.39. The lowest BCUT2D eigenvalue weighted by molar-refractivity contribution is -0.136. The average Bonchev–Trinajstić information content (AvgIpc) is 2.32. The molecule has 2 atom stereocenters. The van der Waals surface area contributed by atoms with E-state index in [0.717, 1.165) is 0 Å². The van der Waals surface area contributed by atoms with Crippen LogP contribution in [0, 0.1) is 0 Å². The fourth-order valence-corrected chi connectivity index (χ4v) is 1.98. The number of ether oxygens (including phenoxy) is 1. The molecule has 6 nitrogen and oxygen atoms in total. The zero-order valence-corrected chi connectivity index (χ0v) is 10.1. The van der Waals surface area contributed by atoms with Crippen molar-refractivity contribution in [2.75, 3.05) is 13.2 Å². The molecule has 17 heavy (non-hydrogen) atoms. The van der Waals surface area contributed by atoms with E-state index in [1.54, 1.807) is 4.90 Å². The second-order valence-corrected chi connectivity index (χ2v) is 4.54. The van der Waals surface area contributed by atoms with Gasteiger partial charge in [0.25, 0.3) is 5.91 Å². The molecule has 0 saturated carbocycles. The van der Waals surface area contributed by atoms with Gasteiger partial charge in [-0.15, -0.1) is 0 Å². The standard InChI is InChI=1S/C11H17N3O3/c1-7-6-17-8(2)5-14(7)11(16)9-3-4-10(15)13-12-9/h7-8H,3-6H2,1-2H3,(H,13,15)/t7-,8+/m1/s1. The Morgan fingerprint density at radius 3 is 2.88 bits per heavy atom. The molecule has 0 spiro atoms. The normalized spacial score (nSPS) is 29.6. The third-order valence-electron chi connectivity index (χ3n) is 3.02. The minimum Gasteiger partial charge on any atom is -0.375 e. The molecule has 1 N–H and O–H groups in total. The number of hydrogen-bond donors (Lipinski definition) is 1. The number of carbonyl (C=O) groups excluding carboxylic acids is 2. The Kier molecular flexibility index (Phi) is 3.42. The quantitative estimate of drug-likeness (QED) is 0.694. The number of morpholine rings is 1. The van der Waals surface area contributed by atoms with Crippen LogP contribution in [0.15, 0.2) is 5.10 Å². The highest BCUT2D eigenvalue weighted by atomic mass is 16.5. The van der Waals surface area contributed by atoms with Crippen LogP contribution in [-0.2, 0) is 14.3 Å². The highest BCUT2D eigenvalue weighted by Gasteiger charge is 2.31. The van der Waals surface area contributed by atoms with Gasteiger partial charge in [0.05, 0.1) is 18.8 Å². The first kappa shape index (κ1) is 12.0. The second kappa shape index (κ2) is 4.83. The molecule has 0 aromatic rings. The van der Waals surface area contributed by atoms with Crippen molar-refractivity contribution < 1.29 is 14.3 Å². The molecule has 0 aliphatic carbocycles. The number of nitrogens with one attached hydrogen (secondary N) is 1. The van der Waals surface area contributed by atoms with Crippen molar-refractivity contribution in [3.8, 4) is 0 Å². The zero-order valence-electron chi connectivity index (χ0n) is 10.1. The van der Waals surface area contributed by atoms with Crippen LogP contribution in [0.25, 0.3) is 0 Å². The van der Waals surface area contributed by atoms with Crippen LogP contribution in [0.2, 0.25) is 0 Å². The van der Waals surface area contributed by atoms with Crippen molar-refractivity contribution >= 4 is 17.5 Å². The van der Waals surface area contributed by atoms with Crippen LogP contribution < -0.4 is 5.43 Å². The maximum Gasteiger partial charge on any atom is 0.270 e. The predicted octanol–water partition coefficient (Wildman–Crippen LogP) is -0.112. The number of carbonyl (C=O) groups is 2. The molecular formula is C11H17N3O3. The Bertz CT molecular complexity index is 367. The van der Waals surface area contributed by atoms with E-state index < -0.39 is 0 Å². The predicted molar refractivity (Wildman–Crippen MR) is 61.4 cm³/mol. The molecule has 2 rings (SSSR count). The molecule has 2 aliphatic heterocycles. The Morgan fingerprint density at radius 2 is 2.24 bits per heavy atom. The van der Waals surface area contributed by atoms with E-state index in [1.807, 2.05) is 13.8 Å². The van der Waals surface area contributed by atoms with Gasteiger partial charge in [0.1, 0.15) is 5.71 Å². The summed E-state index contributed by atoms with van der Waals surface area (Å²) in [4.78, 5) is 24.9. The summed E-state index contributed by atoms with van der Waals surface area (Å²) in [7, 11) is 0. The summed E-state index contributed by atoms with van der Waals surface area (Å²) in [6.45, 7) is 5.02. The lowest BCUT2D eigenvalue weighted by Gasteiger charge is -2.37. The smallest absolute Gasteiger partial charge is 0.270 e. The largest absolute Gasteiger partial charge is 0.375 e. The third kappa shape index (κ3) is 2.63. The van der Waals surface area contributed by atoms with E-state index in [1.165, 1.54) is 0 Å². The van der Waals surface area contributed by atoms with Crippen LogP contribution in [0.1, 0.15) is 26.7 Å². The van der Waals surface area contributed by atoms with Crippen molar-refractivity contribution in [2.45, 2.75) is 38.8 Å². The van der Waals surface area contributed by atoms with E-state index in [4.69, 9.17) is 4.74 Å². The summed E-state index contributed by atoms with van der Waals surface area (Å²) in [6.07, 6.45) is 0.802. The van der Waals surface area contributed by atoms with E-state index >= 15 is 0 Å². The van der Waals surface area contributed by atoms with Gasteiger partial charge in [0.15, 0.2) is 0 Å². The summed E-state index contributed by atoms with van der Waals surface area (Å²) in [5, 5.41) is 3.83. The first-order valence-electron chi connectivity index (χ1n) is 5.86. The minimum absolute atomic E-state index is 0.0499. The zero-order chi connectivity index (χ0) is 12.4. The van der Waals surface area contributed by atoms with Crippen molar-refractivity contribution in [1.82, 2.24) is 10.3 Å². The average molecular weight is 239 g/mol. The summed E-state index contributed by atoms with van der Waals surface area (Å²) < 4.78 is 5.47. The highest BCUT2D eigenvalue weighted by Crippen LogP contribution is 2.14. The van der Waals surface area contributed by atoms with Gasteiger partial charge < -0.3 is 9.64 Å². The van der Waals surface area contributed by atoms with Crippen LogP contribution in [0.5, 0.6) is 0 Å². The molecule has 0 aromatic carbocycles. The van der Waals surface area contributed by atoms with Gasteiger partial charge in [-0.05, 0) is 13.8 Å². The lowest BCUT2D eigenvalue weighted by Crippen LogP contribution is -2.53. The first-order chi connectivity index (χ1) is 8.08. The maximum atomic E-state index is 12.2. The summed E-state index contributed by atoms with van der Waals surface area (Å²) >= 11 is 0. The van der Waals surface area contributed by atoms with E-state index in [0.29, 0.717) is 31.7 Å². The van der Waals surface area contributed by atoms with Crippen molar-refractivity contribution in [1.29, 1.82) is 0 Å². The fourth-order valence-electron chi connectivity index (χ4n) is 1.98. The molecule has 6 heteroatoms. The summed E-state index contributed by atoms with van der Waals surface area (Å²) in [5.74, 6) is -0.224. The van der Waals surface area contributed by atoms with Crippen LogP contribution in [0.4, 0.5) is 0 Å². The molecular weight excluding hydrogens is 222 g/mol. The number of nitrogens with zero attached hydrogens (tertiary/aromatic N) is 2. The Balaban J connectivity index is 2.06. The number of rotatable bonds is 1. The van der Waals surface area contributed by atoms with E-state index in [-0.39, 0.29) is 24.0 Å². The molecule has 0 aromatic heterocycles. The first-order valence-corrected chi connectivity index (χ1v) is 5.86. The summed E-state index contributed by atoms with van der Waals surface area (Å²) in [5.41, 5.74) is 2.78. The van der Waals surface area contributed by atoms with Crippen molar-refractivity contribution in [2.24, 2.45) is 5.10 Å². The van der Waals surface area contributed by atoms with E-state index in [2.05, 4.69) is 10.5 Å². The Hall–Kier alpha value is -1.43. The van der Waals surface area contributed by atoms with Gasteiger partial charge in [-0.25, -0.2) is 5.43 Å². The third-order valence-corrected chi connectivity index (χ3v) is 3.02. The van der Waals surface area contributed by atoms with Crippen LogP contribution in [-0.4, -0.2) is 47.7 Å². The number of hydrazone groups is 1. The van der Waals surface area contributed by atoms with Crippen molar-refractivity contribution in [3.05, 3.63) is 0 Å². The molecule has 0 bridgehead atoms. The summed E-state index contributed by atoms with van der Waals surface area (Å²) in [6, 6.07) is 0.0547. The van der Waals surface area contributed by atoms with Gasteiger partial charge in [0.2, 0.25) is 5.91 Å². The monoisotopic (exact) mass is 239 g/mol. The molecule has 0 unspecified atom stereocenters. The molecule has 2 aliphatic rings. The number of amides is 2. The van der Waals surface area contributed by atoms with Crippen molar-refractivity contribution in [3.63, 3.8) is 0 Å². The van der Waals surface area contributed by atoms with Gasteiger partial charge in [-0.3, -0.25) is 9.59 Å². The minimum atomic E-state index is -0.134. The lowest BCUT2D eigenvalue weighted by atomic mass is 10.1. The van der Waals surface area contributed by atoms with E-state index in [9.17, 15) is 9.59 Å². The second-order valence-electron chi connectivity index (χ2n) is 4.54. The Labute approximate surface area is 100.0 Å². The molecule has 1 saturated heterocycles. The molecule has 1 fully saturated rings.